The molecule has 29 heavy (non-hydrogen) atoms. The van der Waals surface area contributed by atoms with Crippen molar-refractivity contribution in [3.05, 3.63) is 35.6 Å². The van der Waals surface area contributed by atoms with Gasteiger partial charge in [-0.05, 0) is 50.5 Å². The van der Waals surface area contributed by atoms with E-state index in [9.17, 15) is 23.6 Å². The van der Waals surface area contributed by atoms with Gasteiger partial charge in [0.05, 0.1) is 5.92 Å². The number of halogens is 1. The first kappa shape index (κ1) is 22.3. The summed E-state index contributed by atoms with van der Waals surface area (Å²) in [5.41, 5.74) is 0.389. The van der Waals surface area contributed by atoms with Gasteiger partial charge in [-0.3, -0.25) is 19.7 Å². The van der Waals surface area contributed by atoms with E-state index >= 15 is 0 Å². The van der Waals surface area contributed by atoms with Crippen LogP contribution in [0.25, 0.3) is 0 Å². The van der Waals surface area contributed by atoms with Crippen molar-refractivity contribution in [2.75, 3.05) is 19.7 Å². The summed E-state index contributed by atoms with van der Waals surface area (Å²) in [4.78, 5) is 49.4. The maximum absolute atomic E-state index is 13.0. The van der Waals surface area contributed by atoms with E-state index in [1.807, 2.05) is 6.92 Å². The molecule has 2 rings (SSSR count). The highest BCUT2D eigenvalue weighted by Crippen LogP contribution is 2.20. The molecule has 2 N–H and O–H groups in total. The molecule has 0 saturated carbocycles. The number of esters is 1. The summed E-state index contributed by atoms with van der Waals surface area (Å²) in [6.45, 7) is 3.88. The second-order valence-corrected chi connectivity index (χ2v) is 7.01. The van der Waals surface area contributed by atoms with E-state index in [0.29, 0.717) is 31.5 Å². The maximum Gasteiger partial charge on any atom is 0.321 e. The first-order chi connectivity index (χ1) is 13.8. The SMILES string of the molecule is CC[C@@H](C)NC(=O)NC(=O)COC(=O)C1CCN(C(=O)c2ccc(F)cc2)CC1. The molecule has 1 saturated heterocycles. The molecular weight excluding hydrogens is 381 g/mol. The van der Waals surface area contributed by atoms with Gasteiger partial charge in [0.2, 0.25) is 0 Å². The molecule has 1 aliphatic heterocycles. The highest BCUT2D eigenvalue weighted by molar-refractivity contribution is 5.96. The summed E-state index contributed by atoms with van der Waals surface area (Å²) in [6.07, 6.45) is 1.53. The zero-order valence-corrected chi connectivity index (χ0v) is 16.6. The number of hydrogen-bond acceptors (Lipinski definition) is 5. The number of urea groups is 1. The smallest absolute Gasteiger partial charge is 0.321 e. The van der Waals surface area contributed by atoms with Crippen molar-refractivity contribution < 1.29 is 28.3 Å². The summed E-state index contributed by atoms with van der Waals surface area (Å²) >= 11 is 0. The summed E-state index contributed by atoms with van der Waals surface area (Å²) in [7, 11) is 0. The summed E-state index contributed by atoms with van der Waals surface area (Å²) < 4.78 is 18.0. The number of likely N-dealkylation sites (tertiary alicyclic amines) is 1. The highest BCUT2D eigenvalue weighted by atomic mass is 19.1. The van der Waals surface area contributed by atoms with Crippen LogP contribution in [-0.4, -0.2) is 54.5 Å². The molecule has 1 heterocycles. The number of nitrogens with zero attached hydrogens (tertiary/aromatic N) is 1. The molecule has 1 fully saturated rings. The lowest BCUT2D eigenvalue weighted by Crippen LogP contribution is -2.45. The molecule has 8 nitrogen and oxygen atoms in total. The molecule has 0 unspecified atom stereocenters. The Balaban J connectivity index is 1.72. The number of amides is 4. The van der Waals surface area contributed by atoms with Gasteiger partial charge in [-0.15, -0.1) is 0 Å². The van der Waals surface area contributed by atoms with Crippen LogP contribution in [0.5, 0.6) is 0 Å². The monoisotopic (exact) mass is 407 g/mol. The molecule has 9 heteroatoms. The third kappa shape index (κ3) is 6.85. The molecule has 0 aromatic heterocycles. The van der Waals surface area contributed by atoms with Gasteiger partial charge in [0.25, 0.3) is 11.8 Å². The maximum atomic E-state index is 13.0. The number of benzene rings is 1. The Hall–Kier alpha value is -2.97. The van der Waals surface area contributed by atoms with Crippen molar-refractivity contribution in [1.82, 2.24) is 15.5 Å². The van der Waals surface area contributed by atoms with Crippen LogP contribution in [0.15, 0.2) is 24.3 Å². The van der Waals surface area contributed by atoms with Crippen LogP contribution in [-0.2, 0) is 14.3 Å². The van der Waals surface area contributed by atoms with Gasteiger partial charge >= 0.3 is 12.0 Å². The Morgan fingerprint density at radius 2 is 1.79 bits per heavy atom. The van der Waals surface area contributed by atoms with Crippen LogP contribution in [0.4, 0.5) is 9.18 Å². The number of carbonyl (C=O) groups excluding carboxylic acids is 4. The van der Waals surface area contributed by atoms with E-state index in [-0.39, 0.29) is 11.9 Å². The van der Waals surface area contributed by atoms with E-state index in [1.165, 1.54) is 24.3 Å². The second kappa shape index (κ2) is 10.5. The van der Waals surface area contributed by atoms with Crippen molar-refractivity contribution >= 4 is 23.8 Å². The first-order valence-electron chi connectivity index (χ1n) is 9.62. The quantitative estimate of drug-likeness (QED) is 0.701. The first-order valence-corrected chi connectivity index (χ1v) is 9.62. The Morgan fingerprint density at radius 3 is 2.38 bits per heavy atom. The Kier molecular flexibility index (Phi) is 8.11. The van der Waals surface area contributed by atoms with Crippen molar-refractivity contribution in [3.8, 4) is 0 Å². The van der Waals surface area contributed by atoms with Crippen LogP contribution in [0, 0.1) is 11.7 Å². The van der Waals surface area contributed by atoms with Crippen LogP contribution in [0.2, 0.25) is 0 Å². The predicted octanol–water partition coefficient (Wildman–Crippen LogP) is 1.85. The fourth-order valence-electron chi connectivity index (χ4n) is 2.87. The topological polar surface area (TPSA) is 105 Å². The minimum Gasteiger partial charge on any atom is -0.455 e. The highest BCUT2D eigenvalue weighted by Gasteiger charge is 2.29. The molecule has 158 valence electrons. The van der Waals surface area contributed by atoms with Crippen molar-refractivity contribution in [1.29, 1.82) is 0 Å². The Morgan fingerprint density at radius 1 is 1.17 bits per heavy atom. The summed E-state index contributed by atoms with van der Waals surface area (Å²) in [5, 5.41) is 4.68. The van der Waals surface area contributed by atoms with E-state index in [4.69, 9.17) is 4.74 Å². The molecule has 0 spiro atoms. The largest absolute Gasteiger partial charge is 0.455 e. The molecule has 1 atom stereocenters. The minimum atomic E-state index is -0.705. The third-order valence-corrected chi connectivity index (χ3v) is 4.80. The average molecular weight is 407 g/mol. The van der Waals surface area contributed by atoms with Crippen LogP contribution < -0.4 is 10.6 Å². The lowest BCUT2D eigenvalue weighted by Gasteiger charge is -2.31. The van der Waals surface area contributed by atoms with Crippen molar-refractivity contribution in [3.63, 3.8) is 0 Å². The summed E-state index contributed by atoms with van der Waals surface area (Å²) in [6, 6.07) is 4.60. The van der Waals surface area contributed by atoms with Crippen LogP contribution in [0.1, 0.15) is 43.5 Å². The van der Waals surface area contributed by atoms with E-state index in [2.05, 4.69) is 10.6 Å². The van der Waals surface area contributed by atoms with Crippen molar-refractivity contribution in [2.45, 2.75) is 39.2 Å². The molecule has 1 aromatic rings. The van der Waals surface area contributed by atoms with Gasteiger partial charge in [-0.1, -0.05) is 6.92 Å². The predicted molar refractivity (Wildman–Crippen MR) is 102 cm³/mol. The zero-order valence-electron chi connectivity index (χ0n) is 16.6. The number of rotatable bonds is 6. The second-order valence-electron chi connectivity index (χ2n) is 7.01. The number of hydrogen-bond donors (Lipinski definition) is 2. The van der Waals surface area contributed by atoms with E-state index in [1.54, 1.807) is 11.8 Å². The van der Waals surface area contributed by atoms with Gasteiger partial charge in [0.1, 0.15) is 5.82 Å². The molecule has 1 aromatic carbocycles. The van der Waals surface area contributed by atoms with Crippen molar-refractivity contribution in [2.24, 2.45) is 5.92 Å². The average Bonchev–Trinajstić information content (AvgIpc) is 2.72. The fourth-order valence-corrected chi connectivity index (χ4v) is 2.87. The van der Waals surface area contributed by atoms with Crippen LogP contribution >= 0.6 is 0 Å². The lowest BCUT2D eigenvalue weighted by atomic mass is 9.96. The van der Waals surface area contributed by atoms with Gasteiger partial charge < -0.3 is 15.0 Å². The number of carbonyl (C=O) groups is 4. The van der Waals surface area contributed by atoms with Gasteiger partial charge in [-0.25, -0.2) is 9.18 Å². The van der Waals surface area contributed by atoms with E-state index < -0.39 is 36.2 Å². The van der Waals surface area contributed by atoms with E-state index in [0.717, 1.165) is 6.42 Å². The number of nitrogens with one attached hydrogen (secondary N) is 2. The number of ether oxygens (including phenoxy) is 1. The Bertz CT molecular complexity index is 745. The number of piperidine rings is 1. The van der Waals surface area contributed by atoms with Gasteiger partial charge in [0.15, 0.2) is 6.61 Å². The minimum absolute atomic E-state index is 0.0758. The lowest BCUT2D eigenvalue weighted by molar-refractivity contribution is -0.153. The molecule has 4 amide bonds. The van der Waals surface area contributed by atoms with Crippen LogP contribution in [0.3, 0.4) is 0 Å². The normalized spacial score (nSPS) is 15.3. The molecule has 0 radical (unpaired) electrons. The molecular formula is C20H26FN3O5. The summed E-state index contributed by atoms with van der Waals surface area (Å²) in [5.74, 6) is -2.29. The standard InChI is InChI=1S/C20H26FN3O5/c1-3-13(2)22-20(28)23-17(25)12-29-19(27)15-8-10-24(11-9-15)18(26)14-4-6-16(21)7-5-14/h4-7,13,15H,3,8-12H2,1-2H3,(H2,22,23,25,28)/t13-/m1/s1. The van der Waals surface area contributed by atoms with Gasteiger partial charge in [-0.2, -0.15) is 0 Å². The molecule has 1 aliphatic rings. The van der Waals surface area contributed by atoms with Gasteiger partial charge in [0, 0.05) is 24.7 Å². The molecule has 0 aliphatic carbocycles. The molecule has 0 bridgehead atoms. The fraction of sp³-hybridized carbons (Fsp3) is 0.500. The zero-order chi connectivity index (χ0) is 21.4. The third-order valence-electron chi connectivity index (χ3n) is 4.80. The Labute approximate surface area is 168 Å². The number of imide groups is 1.